The van der Waals surface area contributed by atoms with Crippen molar-refractivity contribution >= 4 is 39.6 Å². The van der Waals surface area contributed by atoms with Gasteiger partial charge in [0, 0.05) is 34.9 Å². The molecule has 0 aliphatic heterocycles. The van der Waals surface area contributed by atoms with Crippen molar-refractivity contribution in [3.63, 3.8) is 0 Å². The van der Waals surface area contributed by atoms with E-state index in [4.69, 9.17) is 0 Å². The van der Waals surface area contributed by atoms with Crippen LogP contribution >= 0.6 is 22.7 Å². The molecule has 0 saturated heterocycles. The first kappa shape index (κ1) is 18.2. The predicted octanol–water partition coefficient (Wildman–Crippen LogP) is 4.16. The Morgan fingerprint density at radius 2 is 2.08 bits per heavy atom. The Hall–Kier alpha value is -2.58. The van der Waals surface area contributed by atoms with Crippen LogP contribution in [0.5, 0.6) is 0 Å². The van der Waals surface area contributed by atoms with Gasteiger partial charge in [-0.3, -0.25) is 9.59 Å². The third-order valence-electron chi connectivity index (χ3n) is 3.52. The predicted molar refractivity (Wildman–Crippen MR) is 102 cm³/mol. The zero-order valence-corrected chi connectivity index (χ0v) is 15.3. The molecular weight excluding hydrogens is 373 g/mol. The first-order valence-electron chi connectivity index (χ1n) is 7.93. The van der Waals surface area contributed by atoms with Crippen LogP contribution in [0, 0.1) is 5.82 Å². The summed E-state index contributed by atoms with van der Waals surface area (Å²) >= 11 is 2.75. The molecular formula is C18H16FN3O2S2. The van der Waals surface area contributed by atoms with E-state index < -0.39 is 0 Å². The number of rotatable bonds is 7. The average Bonchev–Trinajstić information content (AvgIpc) is 3.30. The van der Waals surface area contributed by atoms with E-state index in [1.54, 1.807) is 29.0 Å². The molecule has 0 saturated carbocycles. The van der Waals surface area contributed by atoms with Crippen molar-refractivity contribution in [1.29, 1.82) is 0 Å². The number of halogens is 1. The highest BCUT2D eigenvalue weighted by molar-refractivity contribution is 7.14. The molecule has 2 N–H and O–H groups in total. The lowest BCUT2D eigenvalue weighted by molar-refractivity contribution is -0.116. The van der Waals surface area contributed by atoms with Crippen LogP contribution < -0.4 is 10.6 Å². The summed E-state index contributed by atoms with van der Waals surface area (Å²) in [6, 6.07) is 7.91. The maximum atomic E-state index is 13.3. The maximum absolute atomic E-state index is 13.3. The average molecular weight is 389 g/mol. The van der Waals surface area contributed by atoms with Gasteiger partial charge in [-0.2, -0.15) is 11.3 Å². The smallest absolute Gasteiger partial charge is 0.252 e. The molecule has 0 radical (unpaired) electrons. The maximum Gasteiger partial charge on any atom is 0.252 e. The van der Waals surface area contributed by atoms with Crippen LogP contribution in [0.3, 0.4) is 0 Å². The Kier molecular flexibility index (Phi) is 6.08. The molecule has 3 rings (SSSR count). The number of nitrogens with zero attached hydrogens (tertiary/aromatic N) is 1. The summed E-state index contributed by atoms with van der Waals surface area (Å²) in [5.74, 6) is -0.633. The van der Waals surface area contributed by atoms with E-state index in [2.05, 4.69) is 15.6 Å². The third kappa shape index (κ3) is 4.96. The van der Waals surface area contributed by atoms with Gasteiger partial charge >= 0.3 is 0 Å². The summed E-state index contributed by atoms with van der Waals surface area (Å²) in [4.78, 5) is 28.0. The number of amides is 2. The van der Waals surface area contributed by atoms with Gasteiger partial charge in [0.15, 0.2) is 5.13 Å². The summed E-state index contributed by atoms with van der Waals surface area (Å²) < 4.78 is 13.3. The van der Waals surface area contributed by atoms with E-state index in [1.165, 1.54) is 34.8 Å². The minimum absolute atomic E-state index is 0.133. The minimum Gasteiger partial charge on any atom is -0.352 e. The highest BCUT2D eigenvalue weighted by Gasteiger charge is 2.09. The quantitative estimate of drug-likeness (QED) is 0.596. The highest BCUT2D eigenvalue weighted by Crippen LogP contribution is 2.25. The van der Waals surface area contributed by atoms with Crippen LogP contribution in [-0.2, 0) is 4.79 Å². The molecule has 2 aromatic heterocycles. The largest absolute Gasteiger partial charge is 0.352 e. The van der Waals surface area contributed by atoms with Crippen molar-refractivity contribution in [2.24, 2.45) is 0 Å². The fourth-order valence-electron chi connectivity index (χ4n) is 2.24. The van der Waals surface area contributed by atoms with E-state index in [0.29, 0.717) is 34.9 Å². The Labute approximate surface area is 157 Å². The van der Waals surface area contributed by atoms with Gasteiger partial charge < -0.3 is 10.6 Å². The molecule has 3 aromatic rings. The van der Waals surface area contributed by atoms with Crippen LogP contribution in [0.2, 0.25) is 0 Å². The monoisotopic (exact) mass is 389 g/mol. The van der Waals surface area contributed by atoms with Crippen LogP contribution in [0.15, 0.2) is 46.5 Å². The lowest BCUT2D eigenvalue weighted by Crippen LogP contribution is -2.25. The van der Waals surface area contributed by atoms with Gasteiger partial charge in [0.1, 0.15) is 5.82 Å². The first-order chi connectivity index (χ1) is 12.6. The topological polar surface area (TPSA) is 71.1 Å². The number of benzene rings is 1. The zero-order valence-electron chi connectivity index (χ0n) is 13.7. The van der Waals surface area contributed by atoms with Crippen molar-refractivity contribution in [1.82, 2.24) is 10.3 Å². The molecule has 1 aromatic carbocycles. The highest BCUT2D eigenvalue weighted by atomic mass is 32.1. The third-order valence-corrected chi connectivity index (χ3v) is 4.96. The molecule has 2 amide bonds. The number of carbonyl (C=O) groups excluding carboxylic acids is 2. The van der Waals surface area contributed by atoms with E-state index in [-0.39, 0.29) is 24.1 Å². The summed E-state index contributed by atoms with van der Waals surface area (Å²) in [7, 11) is 0. The fraction of sp³-hybridized carbons (Fsp3) is 0.167. The second kappa shape index (κ2) is 8.68. The number of carbonyl (C=O) groups is 2. The van der Waals surface area contributed by atoms with E-state index in [9.17, 15) is 14.0 Å². The van der Waals surface area contributed by atoms with E-state index >= 15 is 0 Å². The molecule has 0 spiro atoms. The van der Waals surface area contributed by atoms with Crippen molar-refractivity contribution in [3.05, 3.63) is 57.9 Å². The molecule has 5 nitrogen and oxygen atoms in total. The molecule has 2 heterocycles. The molecule has 0 atom stereocenters. The lowest BCUT2D eigenvalue weighted by atomic mass is 10.2. The number of thiophene rings is 1. The number of aromatic nitrogens is 1. The van der Waals surface area contributed by atoms with Crippen LogP contribution in [0.4, 0.5) is 9.52 Å². The van der Waals surface area contributed by atoms with Gasteiger partial charge in [0.25, 0.3) is 5.91 Å². The minimum atomic E-state index is -0.328. The van der Waals surface area contributed by atoms with E-state index in [0.717, 1.165) is 0 Å². The summed E-state index contributed by atoms with van der Waals surface area (Å²) in [6.45, 7) is 0.425. The standard InChI is InChI=1S/C18H16FN3O2S2/c19-14-4-1-3-12(9-14)15-11-26-18(21-15)22-16(23)5-2-7-20-17(24)13-6-8-25-10-13/h1,3-4,6,8-11H,2,5,7H2,(H,20,24)(H,21,22,23). The van der Waals surface area contributed by atoms with Gasteiger partial charge in [-0.05, 0) is 30.0 Å². The van der Waals surface area contributed by atoms with Crippen molar-refractivity contribution < 1.29 is 14.0 Å². The number of hydrogen-bond donors (Lipinski definition) is 2. The number of hydrogen-bond acceptors (Lipinski definition) is 5. The lowest BCUT2D eigenvalue weighted by Gasteiger charge is -2.04. The van der Waals surface area contributed by atoms with Crippen molar-refractivity contribution in [2.75, 3.05) is 11.9 Å². The Morgan fingerprint density at radius 1 is 1.19 bits per heavy atom. The van der Waals surface area contributed by atoms with Gasteiger partial charge in [-0.25, -0.2) is 9.37 Å². The SMILES string of the molecule is O=C(CCCNC(=O)c1ccsc1)Nc1nc(-c2cccc(F)c2)cs1. The van der Waals surface area contributed by atoms with Crippen molar-refractivity contribution in [3.8, 4) is 11.3 Å². The first-order valence-corrected chi connectivity index (χ1v) is 9.76. The normalized spacial score (nSPS) is 10.5. The number of thiazole rings is 1. The molecule has 0 unspecified atom stereocenters. The summed E-state index contributed by atoms with van der Waals surface area (Å²) in [5, 5.41) is 11.4. The van der Waals surface area contributed by atoms with E-state index in [1.807, 2.05) is 5.38 Å². The van der Waals surface area contributed by atoms with Crippen LogP contribution in [0.1, 0.15) is 23.2 Å². The fourth-order valence-corrected chi connectivity index (χ4v) is 3.61. The molecule has 8 heteroatoms. The van der Waals surface area contributed by atoms with Gasteiger partial charge in [0.05, 0.1) is 5.69 Å². The van der Waals surface area contributed by atoms with Gasteiger partial charge in [-0.1, -0.05) is 12.1 Å². The van der Waals surface area contributed by atoms with Crippen LogP contribution in [-0.4, -0.2) is 23.3 Å². The van der Waals surface area contributed by atoms with Crippen molar-refractivity contribution in [2.45, 2.75) is 12.8 Å². The summed E-state index contributed by atoms with van der Waals surface area (Å²) in [5.41, 5.74) is 1.91. The Balaban J connectivity index is 1.43. The summed E-state index contributed by atoms with van der Waals surface area (Å²) in [6.07, 6.45) is 0.808. The molecule has 0 aliphatic carbocycles. The van der Waals surface area contributed by atoms with Gasteiger partial charge in [0.2, 0.25) is 5.91 Å². The number of nitrogens with one attached hydrogen (secondary N) is 2. The Morgan fingerprint density at radius 3 is 2.85 bits per heavy atom. The second-order valence-electron chi connectivity index (χ2n) is 5.47. The molecule has 134 valence electrons. The molecule has 0 aliphatic rings. The zero-order chi connectivity index (χ0) is 18.4. The second-order valence-corrected chi connectivity index (χ2v) is 7.11. The Bertz CT molecular complexity index is 893. The molecule has 0 bridgehead atoms. The molecule has 26 heavy (non-hydrogen) atoms. The van der Waals surface area contributed by atoms with Gasteiger partial charge in [-0.15, -0.1) is 11.3 Å². The number of anilines is 1. The van der Waals surface area contributed by atoms with Crippen LogP contribution in [0.25, 0.3) is 11.3 Å². The molecule has 0 fully saturated rings.